The molecule has 1 amide bonds. The summed E-state index contributed by atoms with van der Waals surface area (Å²) < 4.78 is 5.66. The summed E-state index contributed by atoms with van der Waals surface area (Å²) in [7, 11) is 0. The third-order valence-electron chi connectivity index (χ3n) is 2.90. The molecule has 23 heavy (non-hydrogen) atoms. The number of carbonyl (C=O) groups excluding carboxylic acids is 1. The van der Waals surface area contributed by atoms with E-state index < -0.39 is 0 Å². The number of thiazole rings is 1. The monoisotopic (exact) mass is 330 g/mol. The van der Waals surface area contributed by atoms with Crippen LogP contribution in [0.15, 0.2) is 29.6 Å². The molecule has 2 aromatic rings. The van der Waals surface area contributed by atoms with E-state index in [0.29, 0.717) is 12.3 Å². The molecule has 0 fully saturated rings. The Morgan fingerprint density at radius 2 is 2.13 bits per heavy atom. The number of aliphatic hydroxyl groups is 1. The number of aliphatic hydroxyl groups excluding tert-OH is 1. The normalized spacial score (nSPS) is 9.83. The van der Waals surface area contributed by atoms with Crippen molar-refractivity contribution in [3.8, 4) is 17.6 Å². The van der Waals surface area contributed by atoms with E-state index in [1.807, 2.05) is 36.6 Å². The number of rotatable bonds is 6. The fourth-order valence-electron chi connectivity index (χ4n) is 1.76. The van der Waals surface area contributed by atoms with Gasteiger partial charge in [-0.25, -0.2) is 4.98 Å². The maximum Gasteiger partial charge on any atom is 0.226 e. The second kappa shape index (κ2) is 8.93. The predicted molar refractivity (Wildman–Crippen MR) is 89.2 cm³/mol. The summed E-state index contributed by atoms with van der Waals surface area (Å²) in [5.74, 6) is 5.75. The molecule has 0 aliphatic rings. The van der Waals surface area contributed by atoms with Gasteiger partial charge in [-0.15, -0.1) is 11.3 Å². The summed E-state index contributed by atoms with van der Waals surface area (Å²) in [6.45, 7) is 2.44. The van der Waals surface area contributed by atoms with Crippen molar-refractivity contribution in [3.63, 3.8) is 0 Å². The molecule has 2 N–H and O–H groups in total. The number of nitrogens with zero attached hydrogens (tertiary/aromatic N) is 1. The van der Waals surface area contributed by atoms with Crippen LogP contribution in [0.1, 0.15) is 16.3 Å². The molecular weight excluding hydrogens is 312 g/mol. The lowest BCUT2D eigenvalue weighted by Crippen LogP contribution is -2.25. The van der Waals surface area contributed by atoms with E-state index in [2.05, 4.69) is 22.1 Å². The average molecular weight is 330 g/mol. The molecule has 0 saturated carbocycles. The highest BCUT2D eigenvalue weighted by molar-refractivity contribution is 7.09. The maximum absolute atomic E-state index is 11.7. The zero-order valence-electron chi connectivity index (χ0n) is 12.8. The molecule has 6 heteroatoms. The summed E-state index contributed by atoms with van der Waals surface area (Å²) in [6.07, 6.45) is 0.210. The van der Waals surface area contributed by atoms with Crippen molar-refractivity contribution in [1.82, 2.24) is 10.3 Å². The minimum atomic E-state index is -0.202. The molecule has 2 rings (SSSR count). The van der Waals surface area contributed by atoms with Crippen LogP contribution in [-0.4, -0.2) is 29.1 Å². The number of hydrogen-bond donors (Lipinski definition) is 2. The SMILES string of the molecule is Cc1ccc(OCc2nc(CC(=O)NCC#CCO)cs2)cc1. The van der Waals surface area contributed by atoms with E-state index in [1.54, 1.807) is 0 Å². The molecule has 120 valence electrons. The Morgan fingerprint density at radius 3 is 2.87 bits per heavy atom. The lowest BCUT2D eigenvalue weighted by molar-refractivity contribution is -0.120. The zero-order valence-corrected chi connectivity index (χ0v) is 13.7. The third kappa shape index (κ3) is 6.10. The van der Waals surface area contributed by atoms with Crippen molar-refractivity contribution in [1.29, 1.82) is 0 Å². The van der Waals surface area contributed by atoms with Crippen LogP contribution in [0.25, 0.3) is 0 Å². The van der Waals surface area contributed by atoms with Gasteiger partial charge in [0.15, 0.2) is 0 Å². The van der Waals surface area contributed by atoms with Crippen molar-refractivity contribution in [2.45, 2.75) is 20.0 Å². The third-order valence-corrected chi connectivity index (χ3v) is 3.77. The Hall–Kier alpha value is -2.36. The fourth-order valence-corrected chi connectivity index (χ4v) is 2.47. The van der Waals surface area contributed by atoms with Crippen LogP contribution in [0.3, 0.4) is 0 Å². The van der Waals surface area contributed by atoms with Gasteiger partial charge in [-0.2, -0.15) is 0 Å². The van der Waals surface area contributed by atoms with Crippen molar-refractivity contribution in [2.75, 3.05) is 13.2 Å². The number of amides is 1. The molecule has 1 aromatic carbocycles. The van der Waals surface area contributed by atoms with Crippen molar-refractivity contribution < 1.29 is 14.6 Å². The topological polar surface area (TPSA) is 71.5 Å². The molecular formula is C17H18N2O3S. The van der Waals surface area contributed by atoms with E-state index in [4.69, 9.17) is 9.84 Å². The second-order valence-electron chi connectivity index (χ2n) is 4.80. The standard InChI is InChI=1S/C17H18N2O3S/c1-13-4-6-15(7-5-13)22-11-17-19-14(12-23-17)10-16(21)18-8-2-3-9-20/h4-7,12,20H,8-11H2,1H3,(H,18,21). The molecule has 0 atom stereocenters. The van der Waals surface area contributed by atoms with Crippen LogP contribution in [0.4, 0.5) is 0 Å². The van der Waals surface area contributed by atoms with Gasteiger partial charge in [-0.3, -0.25) is 4.79 Å². The first-order chi connectivity index (χ1) is 11.2. The van der Waals surface area contributed by atoms with Crippen LogP contribution < -0.4 is 10.1 Å². The number of ether oxygens (including phenoxy) is 1. The number of nitrogens with one attached hydrogen (secondary N) is 1. The van der Waals surface area contributed by atoms with Crippen LogP contribution in [0, 0.1) is 18.8 Å². The average Bonchev–Trinajstić information content (AvgIpc) is 2.98. The quantitative estimate of drug-likeness (QED) is 0.791. The predicted octanol–water partition coefficient (Wildman–Crippen LogP) is 1.68. The number of hydrogen-bond acceptors (Lipinski definition) is 5. The molecule has 0 unspecified atom stereocenters. The molecule has 5 nitrogen and oxygen atoms in total. The van der Waals surface area contributed by atoms with Gasteiger partial charge in [-0.1, -0.05) is 29.5 Å². The number of carbonyl (C=O) groups is 1. The van der Waals surface area contributed by atoms with Crippen molar-refractivity contribution in [3.05, 3.63) is 45.9 Å². The van der Waals surface area contributed by atoms with Gasteiger partial charge in [0.25, 0.3) is 0 Å². The molecule has 1 aromatic heterocycles. The minimum absolute atomic E-state index is 0.145. The summed E-state index contributed by atoms with van der Waals surface area (Å²) in [5, 5.41) is 13.8. The van der Waals surface area contributed by atoms with Crippen LogP contribution in [-0.2, 0) is 17.8 Å². The number of aromatic nitrogens is 1. The highest BCUT2D eigenvalue weighted by Crippen LogP contribution is 2.16. The van der Waals surface area contributed by atoms with Gasteiger partial charge in [0.2, 0.25) is 5.91 Å². The summed E-state index contributed by atoms with van der Waals surface area (Å²) in [4.78, 5) is 16.1. The first-order valence-electron chi connectivity index (χ1n) is 7.13. The Balaban J connectivity index is 1.78. The lowest BCUT2D eigenvalue weighted by atomic mass is 10.2. The van der Waals surface area contributed by atoms with Gasteiger partial charge in [0, 0.05) is 5.38 Å². The van der Waals surface area contributed by atoms with Crippen molar-refractivity contribution >= 4 is 17.2 Å². The Kier molecular flexibility index (Phi) is 6.60. The van der Waals surface area contributed by atoms with E-state index in [-0.39, 0.29) is 25.5 Å². The summed E-state index contributed by atoms with van der Waals surface area (Å²) in [6, 6.07) is 7.83. The summed E-state index contributed by atoms with van der Waals surface area (Å²) >= 11 is 1.47. The molecule has 0 aliphatic carbocycles. The highest BCUT2D eigenvalue weighted by atomic mass is 32.1. The van der Waals surface area contributed by atoms with Gasteiger partial charge < -0.3 is 15.2 Å². The Labute approximate surface area is 139 Å². The molecule has 1 heterocycles. The molecule has 0 saturated heterocycles. The van der Waals surface area contributed by atoms with Gasteiger partial charge in [0.1, 0.15) is 24.0 Å². The number of benzene rings is 1. The molecule has 0 aliphatic heterocycles. The molecule has 0 bridgehead atoms. The molecule has 0 spiro atoms. The lowest BCUT2D eigenvalue weighted by Gasteiger charge is -2.03. The first-order valence-corrected chi connectivity index (χ1v) is 8.01. The van der Waals surface area contributed by atoms with Gasteiger partial charge in [0.05, 0.1) is 18.7 Å². The maximum atomic E-state index is 11.7. The summed E-state index contributed by atoms with van der Waals surface area (Å²) in [5.41, 5.74) is 1.90. The largest absolute Gasteiger partial charge is 0.486 e. The van der Waals surface area contributed by atoms with E-state index in [0.717, 1.165) is 10.8 Å². The zero-order chi connectivity index (χ0) is 16.5. The van der Waals surface area contributed by atoms with E-state index in [9.17, 15) is 4.79 Å². The second-order valence-corrected chi connectivity index (χ2v) is 5.74. The Bertz CT molecular complexity index is 699. The van der Waals surface area contributed by atoms with Crippen LogP contribution in [0.2, 0.25) is 0 Å². The first kappa shape index (κ1) is 17.0. The Morgan fingerprint density at radius 1 is 1.35 bits per heavy atom. The van der Waals surface area contributed by atoms with Gasteiger partial charge >= 0.3 is 0 Å². The number of aryl methyl sites for hydroxylation is 1. The van der Waals surface area contributed by atoms with E-state index >= 15 is 0 Å². The van der Waals surface area contributed by atoms with Gasteiger partial charge in [-0.05, 0) is 19.1 Å². The highest BCUT2D eigenvalue weighted by Gasteiger charge is 2.07. The fraction of sp³-hybridized carbons (Fsp3) is 0.294. The minimum Gasteiger partial charge on any atom is -0.486 e. The van der Waals surface area contributed by atoms with Crippen LogP contribution in [0.5, 0.6) is 5.75 Å². The van der Waals surface area contributed by atoms with E-state index in [1.165, 1.54) is 16.9 Å². The van der Waals surface area contributed by atoms with Crippen LogP contribution >= 0.6 is 11.3 Å². The van der Waals surface area contributed by atoms with Crippen molar-refractivity contribution in [2.24, 2.45) is 0 Å². The smallest absolute Gasteiger partial charge is 0.226 e. The molecule has 0 radical (unpaired) electrons.